The van der Waals surface area contributed by atoms with Crippen molar-refractivity contribution >= 4 is 23.8 Å². The largest absolute Gasteiger partial charge is 0.460 e. The third-order valence-electron chi connectivity index (χ3n) is 4.48. The average molecular weight is 442 g/mol. The highest BCUT2D eigenvalue weighted by atomic mass is 32.2. The normalized spacial score (nSPS) is 20.2. The zero-order valence-corrected chi connectivity index (χ0v) is 17.1. The molecule has 164 valence electrons. The van der Waals surface area contributed by atoms with Gasteiger partial charge in [-0.15, -0.1) is 32.0 Å². The van der Waals surface area contributed by atoms with E-state index in [-0.39, 0.29) is 0 Å². The molecule has 1 N–H and O–H groups in total. The molecule has 0 radical (unpaired) electrons. The maximum Gasteiger partial charge on any atom is 0.313 e. The lowest BCUT2D eigenvalue weighted by Crippen LogP contribution is -2.38. The van der Waals surface area contributed by atoms with Crippen LogP contribution in [0.4, 0.5) is 0 Å². The van der Waals surface area contributed by atoms with Crippen molar-refractivity contribution in [2.45, 2.75) is 44.5 Å². The van der Waals surface area contributed by atoms with Gasteiger partial charge in [0, 0.05) is 10.7 Å². The smallest absolute Gasteiger partial charge is 0.313 e. The Kier molecular flexibility index (Phi) is 8.42. The number of ether oxygens (including phenoxy) is 1. The summed E-state index contributed by atoms with van der Waals surface area (Å²) in [6.07, 6.45) is -0.435. The standard InChI is InChI=1S/C18H22N2O9S/c1-11(14-5-3-13(4-6-14)9-17-15(21)7-8-30-17)18(22)28-12(2)16(29-20(25)26)10-27-19(23)24/h3-6,9,11-12,15-16,21H,7-8,10H2,1-2H3/b17-9-/t11-,12?,15-,16-/m0/s1. The van der Waals surface area contributed by atoms with Gasteiger partial charge in [0.05, 0.1) is 12.0 Å². The van der Waals surface area contributed by atoms with Gasteiger partial charge in [-0.05, 0) is 37.5 Å². The molecule has 11 nitrogen and oxygen atoms in total. The van der Waals surface area contributed by atoms with Crippen LogP contribution < -0.4 is 0 Å². The van der Waals surface area contributed by atoms with E-state index in [0.29, 0.717) is 5.56 Å². The van der Waals surface area contributed by atoms with Crippen LogP contribution in [-0.2, 0) is 19.2 Å². The SMILES string of the molecule is CC(OC(=O)[C@@H](C)c1ccc(/C=C2\SCC[C@@H]2O)cc1)[C@H](CO[N+](=O)[O-])O[N+](=O)[O-]. The van der Waals surface area contributed by atoms with Gasteiger partial charge in [-0.1, -0.05) is 24.3 Å². The van der Waals surface area contributed by atoms with Crippen molar-refractivity contribution in [3.63, 3.8) is 0 Å². The van der Waals surface area contributed by atoms with Crippen LogP contribution in [0.2, 0.25) is 0 Å². The van der Waals surface area contributed by atoms with Gasteiger partial charge in [0.25, 0.3) is 10.2 Å². The fourth-order valence-corrected chi connectivity index (χ4v) is 3.81. The lowest BCUT2D eigenvalue weighted by Gasteiger charge is -2.23. The van der Waals surface area contributed by atoms with Crippen LogP contribution in [0.15, 0.2) is 29.2 Å². The topological polar surface area (TPSA) is 151 Å². The number of nitrogens with zero attached hydrogens (tertiary/aromatic N) is 2. The minimum Gasteiger partial charge on any atom is -0.460 e. The van der Waals surface area contributed by atoms with Gasteiger partial charge in [-0.25, -0.2) is 0 Å². The summed E-state index contributed by atoms with van der Waals surface area (Å²) in [6.45, 7) is 2.17. The number of hydrogen-bond acceptors (Lipinski definition) is 10. The fourth-order valence-electron chi connectivity index (χ4n) is 2.70. The molecule has 30 heavy (non-hydrogen) atoms. The molecule has 0 bridgehead atoms. The van der Waals surface area contributed by atoms with Crippen molar-refractivity contribution in [1.82, 2.24) is 0 Å². The first-order valence-corrected chi connectivity index (χ1v) is 10.1. The van der Waals surface area contributed by atoms with Crippen molar-refractivity contribution < 1.29 is 34.5 Å². The molecular weight excluding hydrogens is 420 g/mol. The predicted molar refractivity (Wildman–Crippen MR) is 106 cm³/mol. The van der Waals surface area contributed by atoms with E-state index < -0.39 is 47.0 Å². The predicted octanol–water partition coefficient (Wildman–Crippen LogP) is 2.35. The molecule has 0 spiro atoms. The third-order valence-corrected chi connectivity index (χ3v) is 5.64. The van der Waals surface area contributed by atoms with Crippen molar-refractivity contribution in [1.29, 1.82) is 0 Å². The molecule has 0 saturated carbocycles. The van der Waals surface area contributed by atoms with Gasteiger partial charge in [0.1, 0.15) is 12.7 Å². The van der Waals surface area contributed by atoms with Crippen LogP contribution >= 0.6 is 11.8 Å². The Morgan fingerprint density at radius 1 is 1.27 bits per heavy atom. The Labute approximate surface area is 176 Å². The zero-order chi connectivity index (χ0) is 22.3. The molecule has 1 saturated heterocycles. The minimum atomic E-state index is -1.45. The van der Waals surface area contributed by atoms with Crippen LogP contribution in [-0.4, -0.2) is 51.9 Å². The molecule has 1 aromatic carbocycles. The number of carbonyl (C=O) groups excluding carboxylic acids is 1. The maximum atomic E-state index is 12.4. The lowest BCUT2D eigenvalue weighted by atomic mass is 9.99. The summed E-state index contributed by atoms with van der Waals surface area (Å²) in [5, 5.41) is 28.5. The molecule has 4 atom stereocenters. The number of carbonyl (C=O) groups is 1. The number of benzene rings is 1. The van der Waals surface area contributed by atoms with Crippen molar-refractivity contribution in [3.05, 3.63) is 60.5 Å². The number of aliphatic hydroxyl groups is 1. The molecule has 0 aromatic heterocycles. The van der Waals surface area contributed by atoms with E-state index in [1.54, 1.807) is 30.8 Å². The third kappa shape index (κ3) is 6.88. The van der Waals surface area contributed by atoms with Gasteiger partial charge in [0.2, 0.25) is 0 Å². The summed E-state index contributed by atoms with van der Waals surface area (Å²) < 4.78 is 5.19. The molecule has 1 aliphatic rings. The first-order valence-electron chi connectivity index (χ1n) is 9.08. The molecule has 1 heterocycles. The summed E-state index contributed by atoms with van der Waals surface area (Å²) in [7, 11) is 0. The second kappa shape index (κ2) is 10.8. The number of esters is 1. The molecule has 0 amide bonds. The summed E-state index contributed by atoms with van der Waals surface area (Å²) in [5.41, 5.74) is 1.54. The van der Waals surface area contributed by atoms with E-state index in [1.807, 2.05) is 18.2 Å². The van der Waals surface area contributed by atoms with Crippen molar-refractivity contribution in [2.24, 2.45) is 0 Å². The highest BCUT2D eigenvalue weighted by Gasteiger charge is 2.28. The molecule has 1 unspecified atom stereocenters. The quantitative estimate of drug-likeness (QED) is 0.325. The number of thioether (sulfide) groups is 1. The second-order valence-corrected chi connectivity index (χ2v) is 7.79. The molecular formula is C18H22N2O9S. The van der Waals surface area contributed by atoms with E-state index in [9.17, 15) is 30.1 Å². The zero-order valence-electron chi connectivity index (χ0n) is 16.3. The van der Waals surface area contributed by atoms with Crippen molar-refractivity contribution in [3.8, 4) is 0 Å². The summed E-state index contributed by atoms with van der Waals surface area (Å²) in [4.78, 5) is 42.6. The number of aliphatic hydroxyl groups excluding tert-OH is 1. The lowest BCUT2D eigenvalue weighted by molar-refractivity contribution is -0.791. The monoisotopic (exact) mass is 442 g/mol. The second-order valence-electron chi connectivity index (χ2n) is 6.62. The van der Waals surface area contributed by atoms with E-state index in [1.165, 1.54) is 6.92 Å². The fraction of sp³-hybridized carbons (Fsp3) is 0.500. The van der Waals surface area contributed by atoms with Crippen LogP contribution in [0.25, 0.3) is 6.08 Å². The molecule has 0 aliphatic carbocycles. The molecule has 2 rings (SSSR count). The first-order chi connectivity index (χ1) is 14.2. The summed E-state index contributed by atoms with van der Waals surface area (Å²) in [5.74, 6) is -0.485. The van der Waals surface area contributed by atoms with E-state index in [4.69, 9.17) is 4.74 Å². The Morgan fingerprint density at radius 3 is 2.47 bits per heavy atom. The molecule has 1 aliphatic heterocycles. The maximum absolute atomic E-state index is 12.4. The van der Waals surface area contributed by atoms with Gasteiger partial charge in [-0.2, -0.15) is 0 Å². The Hall–Kier alpha value is -2.86. The molecule has 1 fully saturated rings. The number of hydrogen-bond donors (Lipinski definition) is 1. The highest BCUT2D eigenvalue weighted by molar-refractivity contribution is 8.03. The van der Waals surface area contributed by atoms with Gasteiger partial charge >= 0.3 is 5.97 Å². The van der Waals surface area contributed by atoms with Gasteiger partial charge < -0.3 is 19.5 Å². The average Bonchev–Trinajstić information content (AvgIpc) is 3.09. The Morgan fingerprint density at radius 2 is 1.93 bits per heavy atom. The van der Waals surface area contributed by atoms with Gasteiger partial charge in [0.15, 0.2) is 6.10 Å². The van der Waals surface area contributed by atoms with E-state index in [2.05, 4.69) is 9.68 Å². The van der Waals surface area contributed by atoms with E-state index in [0.717, 1.165) is 22.6 Å². The summed E-state index contributed by atoms with van der Waals surface area (Å²) in [6, 6.07) is 7.11. The molecule has 12 heteroatoms. The van der Waals surface area contributed by atoms with Gasteiger partial charge in [-0.3, -0.25) is 4.79 Å². The Balaban J connectivity index is 1.99. The van der Waals surface area contributed by atoms with Crippen LogP contribution in [0.3, 0.4) is 0 Å². The Bertz CT molecular complexity index is 799. The van der Waals surface area contributed by atoms with Crippen LogP contribution in [0.5, 0.6) is 0 Å². The van der Waals surface area contributed by atoms with E-state index >= 15 is 0 Å². The molecule has 1 aromatic rings. The summed E-state index contributed by atoms with van der Waals surface area (Å²) >= 11 is 1.60. The first kappa shape index (κ1) is 23.4. The van der Waals surface area contributed by atoms with Crippen LogP contribution in [0.1, 0.15) is 37.3 Å². The number of rotatable bonds is 10. The van der Waals surface area contributed by atoms with Crippen molar-refractivity contribution in [2.75, 3.05) is 12.4 Å². The van der Waals surface area contributed by atoms with Crippen LogP contribution in [0, 0.1) is 20.2 Å². The minimum absolute atomic E-state index is 0.446. The highest BCUT2D eigenvalue weighted by Crippen LogP contribution is 2.32.